The molecule has 11 heteroatoms. The number of ether oxygens (including phenoxy) is 2. The summed E-state index contributed by atoms with van der Waals surface area (Å²) in [6.45, 7) is 0.930. The highest BCUT2D eigenvalue weighted by Crippen LogP contribution is 2.36. The van der Waals surface area contributed by atoms with Crippen molar-refractivity contribution in [1.29, 1.82) is 0 Å². The fourth-order valence-corrected chi connectivity index (χ4v) is 5.21. The van der Waals surface area contributed by atoms with Crippen LogP contribution < -0.4 is 4.90 Å². The molecule has 4 heterocycles. The summed E-state index contributed by atoms with van der Waals surface area (Å²) in [5.41, 5.74) is 3.35. The number of hydrogen-bond donors (Lipinski definition) is 2. The second-order valence-corrected chi connectivity index (χ2v) is 9.93. The molecule has 1 saturated heterocycles. The monoisotopic (exact) mass is 518 g/mol. The summed E-state index contributed by atoms with van der Waals surface area (Å²) in [5.74, 6) is 0.328. The number of nitrogens with zero attached hydrogens (tertiary/aromatic N) is 6. The fraction of sp³-hybridized carbons (Fsp3) is 0.407. The van der Waals surface area contributed by atoms with Crippen LogP contribution in [0.5, 0.6) is 0 Å². The molecule has 198 valence electrons. The van der Waals surface area contributed by atoms with Crippen LogP contribution in [0.3, 0.4) is 0 Å². The summed E-state index contributed by atoms with van der Waals surface area (Å²) in [5, 5.41) is 29.8. The third kappa shape index (κ3) is 4.64. The van der Waals surface area contributed by atoms with Gasteiger partial charge in [-0.1, -0.05) is 30.3 Å². The van der Waals surface area contributed by atoms with Gasteiger partial charge in [0, 0.05) is 42.0 Å². The van der Waals surface area contributed by atoms with Gasteiger partial charge < -0.3 is 19.7 Å². The van der Waals surface area contributed by atoms with E-state index in [1.807, 2.05) is 45.9 Å². The van der Waals surface area contributed by atoms with E-state index in [2.05, 4.69) is 10.1 Å². The Labute approximate surface area is 219 Å². The number of aliphatic hydroxyl groups excluding tert-OH is 1. The molecular formula is C27H30N6O5. The molecule has 1 aliphatic carbocycles. The third-order valence-corrected chi connectivity index (χ3v) is 7.42. The highest BCUT2D eigenvalue weighted by molar-refractivity contribution is 5.95. The largest absolute Gasteiger partial charge is 0.465 e. The molecule has 2 N–H and O–H groups in total. The first-order valence-corrected chi connectivity index (χ1v) is 12.8. The number of hydrogen-bond acceptors (Lipinski definition) is 7. The van der Waals surface area contributed by atoms with Crippen molar-refractivity contribution in [2.75, 3.05) is 25.2 Å². The molecule has 11 nitrogen and oxygen atoms in total. The number of amides is 1. The summed E-state index contributed by atoms with van der Waals surface area (Å²) in [6, 6.07) is 11.6. The molecule has 0 radical (unpaired) electrons. The van der Waals surface area contributed by atoms with Gasteiger partial charge in [-0.3, -0.25) is 14.3 Å². The van der Waals surface area contributed by atoms with Gasteiger partial charge in [0.2, 0.25) is 0 Å². The number of fused-ring (bicyclic) bond motifs is 1. The van der Waals surface area contributed by atoms with Crippen LogP contribution in [0, 0.1) is 0 Å². The van der Waals surface area contributed by atoms with E-state index in [4.69, 9.17) is 14.6 Å². The van der Waals surface area contributed by atoms with E-state index < -0.39 is 6.09 Å². The number of carbonyl (C=O) groups is 1. The molecule has 1 amide bonds. The van der Waals surface area contributed by atoms with Crippen LogP contribution in [-0.2, 0) is 9.47 Å². The molecular weight excluding hydrogens is 488 g/mol. The van der Waals surface area contributed by atoms with Crippen molar-refractivity contribution in [3.63, 3.8) is 0 Å². The molecule has 38 heavy (non-hydrogen) atoms. The Balaban J connectivity index is 1.29. The van der Waals surface area contributed by atoms with Crippen molar-refractivity contribution in [1.82, 2.24) is 24.5 Å². The van der Waals surface area contributed by atoms with Crippen LogP contribution in [0.4, 0.5) is 10.6 Å². The standard InChI is InChI=1S/C27H30N6O5/c1-31(27(35)36)24-11-23-22(13-28-24)25(30-33(23)19-7-9-21(34)10-8-19)18-12-29-32(14-18)20-15-37-26(38-16-20)17-5-3-2-4-6-17/h2-6,11-14,19-21,26,34H,7-10,15-16H2,1H3,(H,35,36). The van der Waals surface area contributed by atoms with Gasteiger partial charge in [0.25, 0.3) is 0 Å². The number of carboxylic acid groups (broad SMARTS) is 1. The second-order valence-electron chi connectivity index (χ2n) is 9.93. The predicted octanol–water partition coefficient (Wildman–Crippen LogP) is 4.17. The van der Waals surface area contributed by atoms with Gasteiger partial charge in [0.05, 0.1) is 43.1 Å². The molecule has 0 bridgehead atoms. The molecule has 0 unspecified atom stereocenters. The minimum atomic E-state index is -1.09. The second kappa shape index (κ2) is 10.2. The lowest BCUT2D eigenvalue weighted by molar-refractivity contribution is -0.202. The minimum absolute atomic E-state index is 0.0779. The van der Waals surface area contributed by atoms with Gasteiger partial charge in [0.1, 0.15) is 11.5 Å². The smallest absolute Gasteiger partial charge is 0.412 e. The van der Waals surface area contributed by atoms with Gasteiger partial charge in [-0.05, 0) is 25.7 Å². The SMILES string of the molecule is CN(C(=O)O)c1cc2c(cn1)c(-c1cnn(C3COC(c4ccccc4)OC3)c1)nn2C1CCC(O)CC1. The Morgan fingerprint density at radius 2 is 1.79 bits per heavy atom. The van der Waals surface area contributed by atoms with Crippen molar-refractivity contribution in [2.45, 2.75) is 50.2 Å². The zero-order valence-corrected chi connectivity index (χ0v) is 21.1. The van der Waals surface area contributed by atoms with Gasteiger partial charge in [-0.25, -0.2) is 9.78 Å². The third-order valence-electron chi connectivity index (χ3n) is 7.42. The topological polar surface area (TPSA) is 128 Å². The van der Waals surface area contributed by atoms with Crippen molar-refractivity contribution < 1.29 is 24.5 Å². The zero-order chi connectivity index (χ0) is 26.2. The number of aromatic nitrogens is 5. The van der Waals surface area contributed by atoms with E-state index in [9.17, 15) is 15.0 Å². The highest BCUT2D eigenvalue weighted by Gasteiger charge is 2.28. The average Bonchev–Trinajstić information content (AvgIpc) is 3.59. The van der Waals surface area contributed by atoms with E-state index in [1.54, 1.807) is 18.5 Å². The molecule has 4 aromatic rings. The predicted molar refractivity (Wildman–Crippen MR) is 139 cm³/mol. The van der Waals surface area contributed by atoms with Crippen LogP contribution in [0.2, 0.25) is 0 Å². The normalized spacial score (nSPS) is 23.9. The summed E-state index contributed by atoms with van der Waals surface area (Å²) < 4.78 is 15.8. The first-order valence-electron chi connectivity index (χ1n) is 12.8. The molecule has 1 aliphatic heterocycles. The van der Waals surface area contributed by atoms with E-state index in [1.165, 1.54) is 7.05 Å². The van der Waals surface area contributed by atoms with Crippen molar-refractivity contribution in [3.05, 3.63) is 60.6 Å². The Hall–Kier alpha value is -3.80. The number of aliphatic hydroxyl groups is 1. The summed E-state index contributed by atoms with van der Waals surface area (Å²) >= 11 is 0. The summed E-state index contributed by atoms with van der Waals surface area (Å²) in [7, 11) is 1.47. The maximum Gasteiger partial charge on any atom is 0.412 e. The zero-order valence-electron chi connectivity index (χ0n) is 21.1. The lowest BCUT2D eigenvalue weighted by Crippen LogP contribution is -2.29. The molecule has 0 atom stereocenters. The van der Waals surface area contributed by atoms with Gasteiger partial charge in [-0.15, -0.1) is 0 Å². The van der Waals surface area contributed by atoms with Crippen LogP contribution in [0.25, 0.3) is 22.2 Å². The number of rotatable bonds is 5. The quantitative estimate of drug-likeness (QED) is 0.403. The molecule has 0 spiro atoms. The first kappa shape index (κ1) is 24.5. The van der Waals surface area contributed by atoms with Crippen molar-refractivity contribution in [2.24, 2.45) is 0 Å². The molecule has 6 rings (SSSR count). The van der Waals surface area contributed by atoms with Crippen LogP contribution in [-0.4, -0.2) is 67.2 Å². The van der Waals surface area contributed by atoms with E-state index in [0.717, 1.165) is 45.5 Å². The first-order chi connectivity index (χ1) is 18.5. The highest BCUT2D eigenvalue weighted by atomic mass is 16.7. The maximum atomic E-state index is 11.5. The Kier molecular flexibility index (Phi) is 6.56. The number of benzene rings is 1. The summed E-state index contributed by atoms with van der Waals surface area (Å²) in [6.07, 6.45) is 6.63. The van der Waals surface area contributed by atoms with Crippen molar-refractivity contribution >= 4 is 22.8 Å². The van der Waals surface area contributed by atoms with Crippen LogP contribution in [0.1, 0.15) is 49.6 Å². The lowest BCUT2D eigenvalue weighted by Gasteiger charge is -2.29. The molecule has 2 fully saturated rings. The van der Waals surface area contributed by atoms with Crippen molar-refractivity contribution in [3.8, 4) is 11.3 Å². The van der Waals surface area contributed by atoms with Crippen LogP contribution >= 0.6 is 0 Å². The van der Waals surface area contributed by atoms with Gasteiger partial charge in [-0.2, -0.15) is 10.2 Å². The van der Waals surface area contributed by atoms with E-state index >= 15 is 0 Å². The number of pyridine rings is 1. The average molecular weight is 519 g/mol. The molecule has 2 aliphatic rings. The van der Waals surface area contributed by atoms with Gasteiger partial charge in [0.15, 0.2) is 6.29 Å². The van der Waals surface area contributed by atoms with Gasteiger partial charge >= 0.3 is 6.09 Å². The van der Waals surface area contributed by atoms with E-state index in [-0.39, 0.29) is 24.5 Å². The summed E-state index contributed by atoms with van der Waals surface area (Å²) in [4.78, 5) is 17.0. The molecule has 1 aromatic carbocycles. The Morgan fingerprint density at radius 3 is 2.50 bits per heavy atom. The Morgan fingerprint density at radius 1 is 1.05 bits per heavy atom. The minimum Gasteiger partial charge on any atom is -0.465 e. The van der Waals surface area contributed by atoms with E-state index in [0.29, 0.717) is 31.9 Å². The Bertz CT molecular complexity index is 1420. The molecule has 1 saturated carbocycles. The number of anilines is 1. The van der Waals surface area contributed by atoms with Crippen LogP contribution in [0.15, 0.2) is 55.0 Å². The fourth-order valence-electron chi connectivity index (χ4n) is 5.21. The lowest BCUT2D eigenvalue weighted by atomic mass is 9.93. The molecule has 3 aromatic heterocycles. The maximum absolute atomic E-state index is 11.5.